The van der Waals surface area contributed by atoms with Crippen LogP contribution in [0.5, 0.6) is 0 Å². The number of carbonyl (C=O) groups excluding carboxylic acids is 1. The van der Waals surface area contributed by atoms with Gasteiger partial charge in [0.05, 0.1) is 12.0 Å². The molecule has 0 atom stereocenters. The number of ether oxygens (including phenoxy) is 1. The molecule has 4 saturated carbocycles. The number of esters is 1. The van der Waals surface area contributed by atoms with E-state index in [1.165, 1.54) is 32.1 Å². The van der Waals surface area contributed by atoms with Crippen LogP contribution in [-0.4, -0.2) is 12.1 Å². The van der Waals surface area contributed by atoms with Crippen LogP contribution in [0.1, 0.15) is 46.0 Å². The van der Waals surface area contributed by atoms with Gasteiger partial charge in [-0.05, 0) is 69.6 Å². The second kappa shape index (κ2) is 3.75. The van der Waals surface area contributed by atoms with Crippen LogP contribution >= 0.6 is 0 Å². The lowest BCUT2D eigenvalue weighted by Crippen LogP contribution is -2.48. The molecule has 0 unspecified atom stereocenters. The lowest BCUT2D eigenvalue weighted by Gasteiger charge is -2.53. The molecular formula is C14H22O2. The summed E-state index contributed by atoms with van der Waals surface area (Å²) < 4.78 is 5.44. The molecule has 2 nitrogen and oxygen atoms in total. The molecule has 0 aromatic heterocycles. The van der Waals surface area contributed by atoms with Crippen molar-refractivity contribution in [3.63, 3.8) is 0 Å². The van der Waals surface area contributed by atoms with Crippen molar-refractivity contribution in [3.8, 4) is 0 Å². The monoisotopic (exact) mass is 222 g/mol. The van der Waals surface area contributed by atoms with E-state index in [4.69, 9.17) is 4.74 Å². The van der Waals surface area contributed by atoms with Crippen LogP contribution in [-0.2, 0) is 9.53 Å². The smallest absolute Gasteiger partial charge is 0.309 e. The third-order valence-electron chi connectivity index (χ3n) is 4.85. The van der Waals surface area contributed by atoms with E-state index in [-0.39, 0.29) is 18.0 Å². The SMILES string of the molecule is CC(C)OC(=O)C1C2CC3CC(C2)CC1C3. The van der Waals surface area contributed by atoms with E-state index in [1.807, 2.05) is 13.8 Å². The molecule has 0 aromatic rings. The summed E-state index contributed by atoms with van der Waals surface area (Å²) >= 11 is 0. The molecule has 0 aromatic carbocycles. The first-order valence-electron chi connectivity index (χ1n) is 6.84. The molecule has 0 spiro atoms. The van der Waals surface area contributed by atoms with Crippen molar-refractivity contribution in [1.29, 1.82) is 0 Å². The fourth-order valence-electron chi connectivity index (χ4n) is 4.62. The average Bonchev–Trinajstić information content (AvgIpc) is 2.13. The van der Waals surface area contributed by atoms with Gasteiger partial charge in [0.15, 0.2) is 0 Å². The fraction of sp³-hybridized carbons (Fsp3) is 0.929. The van der Waals surface area contributed by atoms with Gasteiger partial charge in [0, 0.05) is 0 Å². The highest BCUT2D eigenvalue weighted by atomic mass is 16.5. The maximum atomic E-state index is 12.1. The zero-order valence-electron chi connectivity index (χ0n) is 10.3. The minimum absolute atomic E-state index is 0.0460. The fourth-order valence-corrected chi connectivity index (χ4v) is 4.62. The molecule has 0 aliphatic heterocycles. The number of hydrogen-bond donors (Lipinski definition) is 0. The van der Waals surface area contributed by atoms with Gasteiger partial charge in [-0.1, -0.05) is 0 Å². The Labute approximate surface area is 97.7 Å². The maximum Gasteiger partial charge on any atom is 0.309 e. The topological polar surface area (TPSA) is 26.3 Å². The van der Waals surface area contributed by atoms with E-state index in [0.29, 0.717) is 11.8 Å². The van der Waals surface area contributed by atoms with Gasteiger partial charge < -0.3 is 4.74 Å². The van der Waals surface area contributed by atoms with Crippen LogP contribution in [0.15, 0.2) is 0 Å². The van der Waals surface area contributed by atoms with Gasteiger partial charge in [0.2, 0.25) is 0 Å². The van der Waals surface area contributed by atoms with Crippen molar-refractivity contribution in [2.24, 2.45) is 29.6 Å². The zero-order chi connectivity index (χ0) is 11.3. The van der Waals surface area contributed by atoms with E-state index < -0.39 is 0 Å². The standard InChI is InChI=1S/C14H22O2/c1-8(2)16-14(15)13-11-4-9-3-10(6-11)7-12(13)5-9/h8-13H,3-7H2,1-2H3. The molecule has 4 rings (SSSR count). The number of carbonyl (C=O) groups is 1. The summed E-state index contributed by atoms with van der Waals surface area (Å²) in [6.07, 6.45) is 6.68. The highest BCUT2D eigenvalue weighted by molar-refractivity contribution is 5.73. The third kappa shape index (κ3) is 1.66. The molecule has 0 N–H and O–H groups in total. The summed E-state index contributed by atoms with van der Waals surface area (Å²) in [6, 6.07) is 0. The zero-order valence-corrected chi connectivity index (χ0v) is 10.3. The number of rotatable bonds is 2. The second-order valence-electron chi connectivity index (χ2n) is 6.44. The van der Waals surface area contributed by atoms with Gasteiger partial charge in [0.25, 0.3) is 0 Å². The van der Waals surface area contributed by atoms with Crippen LogP contribution in [0.25, 0.3) is 0 Å². The van der Waals surface area contributed by atoms with E-state index in [2.05, 4.69) is 0 Å². The molecule has 16 heavy (non-hydrogen) atoms. The molecule has 0 saturated heterocycles. The summed E-state index contributed by atoms with van der Waals surface area (Å²) in [5.41, 5.74) is 0. The highest BCUT2D eigenvalue weighted by Gasteiger charge is 2.51. The van der Waals surface area contributed by atoms with Crippen LogP contribution in [0, 0.1) is 29.6 Å². The van der Waals surface area contributed by atoms with Gasteiger partial charge in [-0.2, -0.15) is 0 Å². The Bertz CT molecular complexity index is 267. The molecule has 4 fully saturated rings. The molecule has 4 aliphatic carbocycles. The minimum Gasteiger partial charge on any atom is -0.463 e. The largest absolute Gasteiger partial charge is 0.463 e. The number of hydrogen-bond acceptors (Lipinski definition) is 2. The van der Waals surface area contributed by atoms with Gasteiger partial charge in [-0.15, -0.1) is 0 Å². The highest BCUT2D eigenvalue weighted by Crippen LogP contribution is 2.56. The van der Waals surface area contributed by atoms with E-state index >= 15 is 0 Å². The molecular weight excluding hydrogens is 200 g/mol. The Hall–Kier alpha value is -0.530. The van der Waals surface area contributed by atoms with Crippen molar-refractivity contribution in [1.82, 2.24) is 0 Å². The predicted octanol–water partition coefficient (Wildman–Crippen LogP) is 3.01. The first kappa shape index (κ1) is 10.6. The summed E-state index contributed by atoms with van der Waals surface area (Å²) in [4.78, 5) is 12.1. The van der Waals surface area contributed by atoms with E-state index in [0.717, 1.165) is 11.8 Å². The summed E-state index contributed by atoms with van der Waals surface area (Å²) in [5.74, 6) is 3.53. The van der Waals surface area contributed by atoms with Crippen molar-refractivity contribution in [2.45, 2.75) is 52.1 Å². The first-order chi connectivity index (χ1) is 7.63. The Balaban J connectivity index is 1.74. The molecule has 2 heteroatoms. The lowest BCUT2D eigenvalue weighted by molar-refractivity contribution is -0.166. The summed E-state index contributed by atoms with van der Waals surface area (Å²) in [7, 11) is 0. The van der Waals surface area contributed by atoms with Crippen LogP contribution < -0.4 is 0 Å². The Kier molecular flexibility index (Phi) is 2.49. The molecule has 0 radical (unpaired) electrons. The van der Waals surface area contributed by atoms with Gasteiger partial charge in [-0.3, -0.25) is 4.79 Å². The predicted molar refractivity (Wildman–Crippen MR) is 61.8 cm³/mol. The maximum absolute atomic E-state index is 12.1. The quantitative estimate of drug-likeness (QED) is 0.671. The van der Waals surface area contributed by atoms with Gasteiger partial charge in [0.1, 0.15) is 0 Å². The first-order valence-corrected chi connectivity index (χ1v) is 6.84. The van der Waals surface area contributed by atoms with Crippen LogP contribution in [0.3, 0.4) is 0 Å². The van der Waals surface area contributed by atoms with Crippen LogP contribution in [0.4, 0.5) is 0 Å². The minimum atomic E-state index is 0.0460. The molecule has 0 heterocycles. The second-order valence-corrected chi connectivity index (χ2v) is 6.44. The van der Waals surface area contributed by atoms with Crippen LogP contribution in [0.2, 0.25) is 0 Å². The third-order valence-corrected chi connectivity index (χ3v) is 4.85. The normalized spacial score (nSPS) is 45.1. The summed E-state index contributed by atoms with van der Waals surface area (Å²) in [5, 5.41) is 0. The van der Waals surface area contributed by atoms with E-state index in [9.17, 15) is 4.79 Å². The molecule has 4 aliphatic rings. The van der Waals surface area contributed by atoms with Gasteiger partial charge in [-0.25, -0.2) is 0 Å². The lowest BCUT2D eigenvalue weighted by atomic mass is 9.52. The van der Waals surface area contributed by atoms with Crippen molar-refractivity contribution in [3.05, 3.63) is 0 Å². The summed E-state index contributed by atoms with van der Waals surface area (Å²) in [6.45, 7) is 3.90. The van der Waals surface area contributed by atoms with Crippen molar-refractivity contribution >= 4 is 5.97 Å². The van der Waals surface area contributed by atoms with Crippen molar-refractivity contribution in [2.75, 3.05) is 0 Å². The van der Waals surface area contributed by atoms with Gasteiger partial charge >= 0.3 is 5.97 Å². The Morgan fingerprint density at radius 3 is 1.94 bits per heavy atom. The molecule has 90 valence electrons. The average molecular weight is 222 g/mol. The Morgan fingerprint density at radius 1 is 1.00 bits per heavy atom. The van der Waals surface area contributed by atoms with Crippen molar-refractivity contribution < 1.29 is 9.53 Å². The Morgan fingerprint density at radius 2 is 1.50 bits per heavy atom. The van der Waals surface area contributed by atoms with E-state index in [1.54, 1.807) is 0 Å². The molecule has 0 amide bonds. The molecule has 4 bridgehead atoms.